The fourth-order valence-electron chi connectivity index (χ4n) is 2.16. The van der Waals surface area contributed by atoms with E-state index in [0.29, 0.717) is 0 Å². The second kappa shape index (κ2) is 10.1. The van der Waals surface area contributed by atoms with Crippen molar-refractivity contribution in [3.05, 3.63) is 59.7 Å². The molecular formula is C17H24ClNO3. The lowest BCUT2D eigenvalue weighted by Crippen LogP contribution is -2.16. The van der Waals surface area contributed by atoms with Crippen molar-refractivity contribution in [3.8, 4) is 11.5 Å². The summed E-state index contributed by atoms with van der Waals surface area (Å²) < 4.78 is 6.14. The smallest absolute Gasteiger partial charge is 0.125 e. The van der Waals surface area contributed by atoms with Crippen molar-refractivity contribution in [1.29, 1.82) is 0 Å². The zero-order valence-electron chi connectivity index (χ0n) is 12.9. The van der Waals surface area contributed by atoms with Gasteiger partial charge in [-0.25, -0.2) is 0 Å². The van der Waals surface area contributed by atoms with Gasteiger partial charge < -0.3 is 20.6 Å². The molecule has 0 aliphatic carbocycles. The lowest BCUT2D eigenvalue weighted by molar-refractivity contribution is 0.193. The largest absolute Gasteiger partial charge is 0.508 e. The predicted molar refractivity (Wildman–Crippen MR) is 92.1 cm³/mol. The Balaban J connectivity index is 0.00000220. The molecule has 0 fully saturated rings. The molecule has 0 heterocycles. The molecule has 0 aliphatic heterocycles. The molecule has 5 heteroatoms. The molecule has 0 aromatic heterocycles. The third-order valence-electron chi connectivity index (χ3n) is 3.26. The van der Waals surface area contributed by atoms with Gasteiger partial charge in [0.15, 0.2) is 0 Å². The molecule has 0 saturated heterocycles. The summed E-state index contributed by atoms with van der Waals surface area (Å²) >= 11 is 0. The van der Waals surface area contributed by atoms with Crippen molar-refractivity contribution in [2.24, 2.45) is 0 Å². The molecule has 0 spiro atoms. The lowest BCUT2D eigenvalue weighted by Gasteiger charge is -2.21. The Morgan fingerprint density at radius 1 is 1.14 bits per heavy atom. The first-order chi connectivity index (χ1) is 9.70. The highest BCUT2D eigenvalue weighted by atomic mass is 35.5. The van der Waals surface area contributed by atoms with Gasteiger partial charge in [0.1, 0.15) is 17.6 Å². The minimum Gasteiger partial charge on any atom is -0.508 e. The Hall–Kier alpha value is -1.75. The minimum atomic E-state index is 0. The third kappa shape index (κ3) is 5.56. The normalized spacial score (nSPS) is 11.0. The van der Waals surface area contributed by atoms with E-state index in [1.807, 2.05) is 38.2 Å². The quantitative estimate of drug-likeness (QED) is 0.857. The molecule has 0 radical (unpaired) electrons. The van der Waals surface area contributed by atoms with Crippen molar-refractivity contribution in [2.45, 2.75) is 19.4 Å². The Morgan fingerprint density at radius 3 is 2.41 bits per heavy atom. The summed E-state index contributed by atoms with van der Waals surface area (Å²) in [7, 11) is 1.94. The summed E-state index contributed by atoms with van der Waals surface area (Å²) in [5.41, 5.74) is 2.10. The molecule has 4 nitrogen and oxygen atoms in total. The van der Waals surface area contributed by atoms with Crippen LogP contribution in [0, 0.1) is 6.92 Å². The number of aryl methyl sites for hydroxylation is 1. The van der Waals surface area contributed by atoms with Gasteiger partial charge in [-0.1, -0.05) is 30.3 Å². The molecule has 4 N–H and O–H groups in total. The van der Waals surface area contributed by atoms with E-state index in [1.165, 1.54) is 0 Å². The fraction of sp³-hybridized carbons (Fsp3) is 0.294. The van der Waals surface area contributed by atoms with Gasteiger partial charge in [0.25, 0.3) is 0 Å². The summed E-state index contributed by atoms with van der Waals surface area (Å²) in [4.78, 5) is 0. The van der Waals surface area contributed by atoms with Crippen LogP contribution in [0.25, 0.3) is 0 Å². The molecule has 0 aliphatic rings. The second-order valence-electron chi connectivity index (χ2n) is 4.86. The van der Waals surface area contributed by atoms with E-state index in [2.05, 4.69) is 17.4 Å². The molecule has 0 bridgehead atoms. The summed E-state index contributed by atoms with van der Waals surface area (Å²) in [6.07, 6.45) is 0.896. The van der Waals surface area contributed by atoms with Crippen LogP contribution in [-0.4, -0.2) is 24.2 Å². The van der Waals surface area contributed by atoms with Gasteiger partial charge in [0.2, 0.25) is 0 Å². The predicted octanol–water partition coefficient (Wildman–Crippen LogP) is 3.03. The Labute approximate surface area is 137 Å². The van der Waals surface area contributed by atoms with Crippen LogP contribution in [0.5, 0.6) is 11.5 Å². The Kier molecular flexibility index (Phi) is 9.26. The van der Waals surface area contributed by atoms with Crippen molar-refractivity contribution >= 4 is 12.4 Å². The Morgan fingerprint density at radius 2 is 1.82 bits per heavy atom. The molecular weight excluding hydrogens is 302 g/mol. The van der Waals surface area contributed by atoms with Crippen LogP contribution >= 0.6 is 12.4 Å². The number of aromatic hydroxyl groups is 1. The number of rotatable bonds is 6. The SMILES string of the molecule is CNCC[C@@H](Oc1ccc(O)cc1C)c1ccccc1.Cl.O. The summed E-state index contributed by atoms with van der Waals surface area (Å²) in [6.45, 7) is 2.83. The zero-order chi connectivity index (χ0) is 14.4. The summed E-state index contributed by atoms with van der Waals surface area (Å²) in [5, 5.41) is 12.6. The number of hydrogen-bond acceptors (Lipinski definition) is 3. The van der Waals surface area contributed by atoms with Crippen molar-refractivity contribution < 1.29 is 15.3 Å². The van der Waals surface area contributed by atoms with Gasteiger partial charge in [-0.05, 0) is 49.8 Å². The number of phenols is 1. The summed E-state index contributed by atoms with van der Waals surface area (Å²) in [6, 6.07) is 15.4. The number of halogens is 1. The van der Waals surface area contributed by atoms with E-state index in [-0.39, 0.29) is 29.7 Å². The van der Waals surface area contributed by atoms with Crippen LogP contribution in [0.4, 0.5) is 0 Å². The van der Waals surface area contributed by atoms with E-state index in [4.69, 9.17) is 4.74 Å². The van der Waals surface area contributed by atoms with Gasteiger partial charge in [0, 0.05) is 6.42 Å². The van der Waals surface area contributed by atoms with Crippen molar-refractivity contribution in [1.82, 2.24) is 5.32 Å². The molecule has 0 amide bonds. The van der Waals surface area contributed by atoms with Crippen molar-refractivity contribution in [3.63, 3.8) is 0 Å². The highest BCUT2D eigenvalue weighted by molar-refractivity contribution is 5.85. The maximum atomic E-state index is 9.46. The van der Waals surface area contributed by atoms with Crippen LogP contribution in [0.1, 0.15) is 23.7 Å². The van der Waals surface area contributed by atoms with Gasteiger partial charge in [-0.15, -0.1) is 12.4 Å². The highest BCUT2D eigenvalue weighted by Crippen LogP contribution is 2.29. The average molecular weight is 326 g/mol. The minimum absolute atomic E-state index is 0. The van der Waals surface area contributed by atoms with Crippen LogP contribution < -0.4 is 10.1 Å². The standard InChI is InChI=1S/C17H21NO2.ClH.H2O/c1-13-12-15(19)8-9-16(13)20-17(10-11-18-2)14-6-4-3-5-7-14;;/h3-9,12,17-19H,10-11H2,1-2H3;1H;1H2/t17-;;/m1../s1. The number of benzene rings is 2. The molecule has 122 valence electrons. The van der Waals surface area contributed by atoms with E-state index < -0.39 is 0 Å². The first-order valence-corrected chi connectivity index (χ1v) is 6.86. The monoisotopic (exact) mass is 325 g/mol. The van der Waals surface area contributed by atoms with Crippen molar-refractivity contribution in [2.75, 3.05) is 13.6 Å². The van der Waals surface area contributed by atoms with Crippen LogP contribution in [0.15, 0.2) is 48.5 Å². The van der Waals surface area contributed by atoms with E-state index in [1.54, 1.807) is 12.1 Å². The maximum Gasteiger partial charge on any atom is 0.125 e. The average Bonchev–Trinajstić information content (AvgIpc) is 2.46. The van der Waals surface area contributed by atoms with Crippen LogP contribution in [0.3, 0.4) is 0 Å². The number of hydrogen-bond donors (Lipinski definition) is 2. The van der Waals surface area contributed by atoms with Crippen LogP contribution in [-0.2, 0) is 0 Å². The number of phenolic OH excluding ortho intramolecular Hbond substituents is 1. The zero-order valence-corrected chi connectivity index (χ0v) is 13.7. The number of ether oxygens (including phenoxy) is 1. The first-order valence-electron chi connectivity index (χ1n) is 6.86. The van der Waals surface area contributed by atoms with E-state index in [0.717, 1.165) is 29.8 Å². The highest BCUT2D eigenvalue weighted by Gasteiger charge is 2.14. The molecule has 22 heavy (non-hydrogen) atoms. The fourth-order valence-corrected chi connectivity index (χ4v) is 2.16. The second-order valence-corrected chi connectivity index (χ2v) is 4.86. The molecule has 2 aromatic rings. The molecule has 2 aromatic carbocycles. The Bertz CT molecular complexity index is 549. The molecule has 2 rings (SSSR count). The van der Waals surface area contributed by atoms with Gasteiger partial charge >= 0.3 is 0 Å². The van der Waals surface area contributed by atoms with Gasteiger partial charge in [-0.3, -0.25) is 0 Å². The van der Waals surface area contributed by atoms with E-state index in [9.17, 15) is 5.11 Å². The lowest BCUT2D eigenvalue weighted by atomic mass is 10.1. The molecule has 0 saturated carbocycles. The maximum absolute atomic E-state index is 9.46. The van der Waals surface area contributed by atoms with Gasteiger partial charge in [0.05, 0.1) is 0 Å². The van der Waals surface area contributed by atoms with Gasteiger partial charge in [-0.2, -0.15) is 0 Å². The van der Waals surface area contributed by atoms with Crippen LogP contribution in [0.2, 0.25) is 0 Å². The third-order valence-corrected chi connectivity index (χ3v) is 3.26. The first kappa shape index (κ1) is 20.2. The van der Waals surface area contributed by atoms with E-state index >= 15 is 0 Å². The number of nitrogens with one attached hydrogen (secondary N) is 1. The summed E-state index contributed by atoms with van der Waals surface area (Å²) in [5.74, 6) is 1.08. The molecule has 1 atom stereocenters. The molecule has 0 unspecified atom stereocenters. The topological polar surface area (TPSA) is 73.0 Å².